The van der Waals surface area contributed by atoms with Gasteiger partial charge in [0.2, 0.25) is 5.95 Å². The van der Waals surface area contributed by atoms with Gasteiger partial charge in [-0.2, -0.15) is 4.98 Å². The van der Waals surface area contributed by atoms with Crippen LogP contribution in [0.15, 0.2) is 6.20 Å². The Balaban J connectivity index is 2.22. The fraction of sp³-hybridized carbons (Fsp3) is 0.556. The molecule has 2 rings (SSSR count). The van der Waals surface area contributed by atoms with Gasteiger partial charge in [-0.3, -0.25) is 0 Å². The summed E-state index contributed by atoms with van der Waals surface area (Å²) in [5.74, 6) is 1.50. The topological polar surface area (TPSA) is 41.1 Å². The van der Waals surface area contributed by atoms with Crippen LogP contribution in [-0.2, 0) is 0 Å². The molecule has 2 heterocycles. The highest BCUT2D eigenvalue weighted by Crippen LogP contribution is 2.26. The Morgan fingerprint density at radius 3 is 2.93 bits per heavy atom. The van der Waals surface area contributed by atoms with E-state index in [9.17, 15) is 0 Å². The van der Waals surface area contributed by atoms with Crippen LogP contribution < -0.4 is 10.2 Å². The molecule has 0 saturated carbocycles. The first-order chi connectivity index (χ1) is 6.81. The average Bonchev–Trinajstić information content (AvgIpc) is 2.08. The van der Waals surface area contributed by atoms with Crippen LogP contribution in [0.5, 0.6) is 0 Å². The SMILES string of the molecule is CCNc1ncc(Cl)c(N2CCC2)n1. The average molecular weight is 213 g/mol. The van der Waals surface area contributed by atoms with E-state index in [0.717, 1.165) is 25.5 Å². The second kappa shape index (κ2) is 4.00. The molecule has 1 aromatic rings. The monoisotopic (exact) mass is 212 g/mol. The zero-order chi connectivity index (χ0) is 9.97. The van der Waals surface area contributed by atoms with E-state index >= 15 is 0 Å². The van der Waals surface area contributed by atoms with Crippen molar-refractivity contribution in [3.05, 3.63) is 11.2 Å². The second-order valence-corrected chi connectivity index (χ2v) is 3.64. The van der Waals surface area contributed by atoms with Crippen LogP contribution in [0.3, 0.4) is 0 Å². The van der Waals surface area contributed by atoms with Crippen LogP contribution in [0, 0.1) is 0 Å². The molecule has 0 unspecified atom stereocenters. The van der Waals surface area contributed by atoms with Gasteiger partial charge in [0, 0.05) is 19.6 Å². The van der Waals surface area contributed by atoms with Crippen LogP contribution in [0.2, 0.25) is 5.02 Å². The van der Waals surface area contributed by atoms with Crippen LogP contribution in [0.4, 0.5) is 11.8 Å². The molecular formula is C9H13ClN4. The molecule has 1 aliphatic heterocycles. The molecule has 0 aliphatic carbocycles. The summed E-state index contributed by atoms with van der Waals surface area (Å²) in [4.78, 5) is 10.6. The molecular weight excluding hydrogens is 200 g/mol. The lowest BCUT2D eigenvalue weighted by molar-refractivity contribution is 0.609. The van der Waals surface area contributed by atoms with Gasteiger partial charge in [0.15, 0.2) is 5.82 Å². The van der Waals surface area contributed by atoms with Gasteiger partial charge >= 0.3 is 0 Å². The maximum atomic E-state index is 6.01. The number of hydrogen-bond donors (Lipinski definition) is 1. The summed E-state index contributed by atoms with van der Waals surface area (Å²) in [6.45, 7) is 4.92. The van der Waals surface area contributed by atoms with E-state index in [2.05, 4.69) is 20.2 Å². The third kappa shape index (κ3) is 1.75. The number of rotatable bonds is 3. The van der Waals surface area contributed by atoms with Crippen molar-refractivity contribution in [2.45, 2.75) is 13.3 Å². The van der Waals surface area contributed by atoms with Crippen molar-refractivity contribution in [2.24, 2.45) is 0 Å². The zero-order valence-electron chi connectivity index (χ0n) is 8.13. The fourth-order valence-electron chi connectivity index (χ4n) is 1.35. The highest BCUT2D eigenvalue weighted by atomic mass is 35.5. The Bertz CT molecular complexity index is 325. The van der Waals surface area contributed by atoms with Crippen molar-refractivity contribution in [3.8, 4) is 0 Å². The zero-order valence-corrected chi connectivity index (χ0v) is 8.88. The van der Waals surface area contributed by atoms with Gasteiger partial charge in [-0.1, -0.05) is 11.6 Å². The highest BCUT2D eigenvalue weighted by molar-refractivity contribution is 6.32. The van der Waals surface area contributed by atoms with Gasteiger partial charge in [0.05, 0.1) is 6.20 Å². The predicted molar refractivity (Wildman–Crippen MR) is 58.0 cm³/mol. The minimum absolute atomic E-state index is 0.631. The van der Waals surface area contributed by atoms with E-state index in [1.54, 1.807) is 6.20 Å². The van der Waals surface area contributed by atoms with Crippen LogP contribution in [-0.4, -0.2) is 29.6 Å². The molecule has 1 aromatic heterocycles. The smallest absolute Gasteiger partial charge is 0.224 e. The maximum Gasteiger partial charge on any atom is 0.224 e. The molecule has 76 valence electrons. The van der Waals surface area contributed by atoms with Crippen LogP contribution in [0.1, 0.15) is 13.3 Å². The number of nitrogens with zero attached hydrogens (tertiary/aromatic N) is 3. The molecule has 1 fully saturated rings. The second-order valence-electron chi connectivity index (χ2n) is 3.24. The first-order valence-electron chi connectivity index (χ1n) is 4.82. The number of nitrogens with one attached hydrogen (secondary N) is 1. The van der Waals surface area contributed by atoms with E-state index in [1.165, 1.54) is 6.42 Å². The molecule has 0 spiro atoms. The Morgan fingerprint density at radius 1 is 1.57 bits per heavy atom. The van der Waals surface area contributed by atoms with E-state index in [0.29, 0.717) is 11.0 Å². The Kier molecular flexibility index (Phi) is 2.72. The first kappa shape index (κ1) is 9.52. The summed E-state index contributed by atoms with van der Waals surface area (Å²) < 4.78 is 0. The van der Waals surface area contributed by atoms with E-state index < -0.39 is 0 Å². The lowest BCUT2D eigenvalue weighted by Gasteiger charge is -2.32. The quantitative estimate of drug-likeness (QED) is 0.829. The lowest BCUT2D eigenvalue weighted by Crippen LogP contribution is -2.38. The molecule has 0 aromatic carbocycles. The maximum absolute atomic E-state index is 6.01. The summed E-state index contributed by atoms with van der Waals surface area (Å²) in [7, 11) is 0. The molecule has 4 nitrogen and oxygen atoms in total. The summed E-state index contributed by atoms with van der Waals surface area (Å²) in [5.41, 5.74) is 0. The minimum atomic E-state index is 0.631. The molecule has 14 heavy (non-hydrogen) atoms. The fourth-order valence-corrected chi connectivity index (χ4v) is 1.56. The summed E-state index contributed by atoms with van der Waals surface area (Å²) >= 11 is 6.01. The standard InChI is InChI=1S/C9H13ClN4/c1-2-11-9-12-6-7(10)8(13-9)14-4-3-5-14/h6H,2-5H2,1H3,(H,11,12,13). The third-order valence-electron chi connectivity index (χ3n) is 2.22. The summed E-state index contributed by atoms with van der Waals surface area (Å²) in [6, 6.07) is 0. The molecule has 1 aliphatic rings. The molecule has 0 amide bonds. The number of halogens is 1. The first-order valence-corrected chi connectivity index (χ1v) is 5.20. The van der Waals surface area contributed by atoms with E-state index in [1.807, 2.05) is 6.92 Å². The third-order valence-corrected chi connectivity index (χ3v) is 2.48. The molecule has 0 bridgehead atoms. The van der Waals surface area contributed by atoms with Gasteiger partial charge < -0.3 is 10.2 Å². The molecule has 0 radical (unpaired) electrons. The number of hydrogen-bond acceptors (Lipinski definition) is 4. The summed E-state index contributed by atoms with van der Waals surface area (Å²) in [6.07, 6.45) is 2.87. The Morgan fingerprint density at radius 2 is 2.36 bits per heavy atom. The molecule has 5 heteroatoms. The van der Waals surface area contributed by atoms with Gasteiger partial charge in [0.1, 0.15) is 5.02 Å². The Hall–Kier alpha value is -1.03. The molecule has 0 atom stereocenters. The van der Waals surface area contributed by atoms with Crippen molar-refractivity contribution in [1.82, 2.24) is 9.97 Å². The minimum Gasteiger partial charge on any atom is -0.355 e. The van der Waals surface area contributed by atoms with Crippen molar-refractivity contribution < 1.29 is 0 Å². The van der Waals surface area contributed by atoms with E-state index in [-0.39, 0.29) is 0 Å². The summed E-state index contributed by atoms with van der Waals surface area (Å²) in [5, 5.41) is 3.70. The van der Waals surface area contributed by atoms with Crippen LogP contribution >= 0.6 is 11.6 Å². The van der Waals surface area contributed by atoms with Gasteiger partial charge in [-0.05, 0) is 13.3 Å². The van der Waals surface area contributed by atoms with Crippen molar-refractivity contribution in [1.29, 1.82) is 0 Å². The predicted octanol–water partition coefficient (Wildman–Crippen LogP) is 1.77. The largest absolute Gasteiger partial charge is 0.355 e. The van der Waals surface area contributed by atoms with Crippen molar-refractivity contribution >= 4 is 23.4 Å². The van der Waals surface area contributed by atoms with Gasteiger partial charge in [0.25, 0.3) is 0 Å². The van der Waals surface area contributed by atoms with Gasteiger partial charge in [-0.15, -0.1) is 0 Å². The highest BCUT2D eigenvalue weighted by Gasteiger charge is 2.19. The molecule has 1 saturated heterocycles. The van der Waals surface area contributed by atoms with Gasteiger partial charge in [-0.25, -0.2) is 4.98 Å². The number of aromatic nitrogens is 2. The normalized spacial score (nSPS) is 15.1. The number of anilines is 2. The van der Waals surface area contributed by atoms with Crippen molar-refractivity contribution in [3.63, 3.8) is 0 Å². The molecule has 1 N–H and O–H groups in total. The Labute approximate surface area is 88.3 Å². The van der Waals surface area contributed by atoms with Crippen LogP contribution in [0.25, 0.3) is 0 Å². The van der Waals surface area contributed by atoms with E-state index in [4.69, 9.17) is 11.6 Å². The lowest BCUT2D eigenvalue weighted by atomic mass is 10.2. The van der Waals surface area contributed by atoms with Crippen molar-refractivity contribution in [2.75, 3.05) is 29.9 Å².